The number of allylic oxidation sites excluding steroid dienone is 3. The molecular formula is C23H22ClN3OS. The van der Waals surface area contributed by atoms with E-state index in [2.05, 4.69) is 19.9 Å². The van der Waals surface area contributed by atoms with Crippen molar-refractivity contribution in [2.45, 2.75) is 39.5 Å². The Bertz CT molecular complexity index is 1110. The first-order valence-electron chi connectivity index (χ1n) is 9.48. The van der Waals surface area contributed by atoms with E-state index in [-0.39, 0.29) is 11.2 Å². The van der Waals surface area contributed by atoms with Crippen LogP contribution in [-0.4, -0.2) is 5.78 Å². The van der Waals surface area contributed by atoms with Crippen LogP contribution < -0.4 is 10.6 Å². The van der Waals surface area contributed by atoms with E-state index in [0.29, 0.717) is 34.8 Å². The first kappa shape index (κ1) is 19.8. The van der Waals surface area contributed by atoms with Crippen LogP contribution in [0.5, 0.6) is 0 Å². The number of ketones is 1. The number of carbonyl (C=O) groups excluding carboxylic acids is 1. The average Bonchev–Trinajstić information content (AvgIpc) is 3.17. The van der Waals surface area contributed by atoms with E-state index >= 15 is 0 Å². The van der Waals surface area contributed by atoms with Gasteiger partial charge < -0.3 is 5.73 Å². The van der Waals surface area contributed by atoms with Crippen molar-refractivity contribution in [2.75, 3.05) is 4.90 Å². The number of benzene rings is 1. The van der Waals surface area contributed by atoms with E-state index in [0.717, 1.165) is 22.5 Å². The molecular weight excluding hydrogens is 402 g/mol. The number of nitrogens with zero attached hydrogens (tertiary/aromatic N) is 2. The minimum atomic E-state index is -0.416. The largest absolute Gasteiger partial charge is 0.384 e. The van der Waals surface area contributed by atoms with Gasteiger partial charge in [-0.1, -0.05) is 31.5 Å². The van der Waals surface area contributed by atoms with Gasteiger partial charge in [0.05, 0.1) is 23.2 Å². The first-order valence-corrected chi connectivity index (χ1v) is 10.8. The van der Waals surface area contributed by atoms with Crippen LogP contribution in [0.4, 0.5) is 5.69 Å². The number of nitriles is 1. The van der Waals surface area contributed by atoms with E-state index in [9.17, 15) is 10.1 Å². The van der Waals surface area contributed by atoms with E-state index in [4.69, 9.17) is 17.3 Å². The summed E-state index contributed by atoms with van der Waals surface area (Å²) in [6, 6.07) is 9.90. The number of anilines is 1. The zero-order valence-corrected chi connectivity index (χ0v) is 18.2. The van der Waals surface area contributed by atoms with Crippen LogP contribution >= 0.6 is 22.9 Å². The molecule has 6 heteroatoms. The van der Waals surface area contributed by atoms with Crippen LogP contribution in [0.15, 0.2) is 57.7 Å². The second-order valence-electron chi connectivity index (χ2n) is 8.42. The van der Waals surface area contributed by atoms with Crippen LogP contribution in [0.2, 0.25) is 5.02 Å². The molecule has 0 bridgehead atoms. The highest BCUT2D eigenvalue weighted by Crippen LogP contribution is 2.51. The summed E-state index contributed by atoms with van der Waals surface area (Å²) in [5, 5.41) is 14.6. The van der Waals surface area contributed by atoms with Crippen molar-refractivity contribution in [1.82, 2.24) is 0 Å². The molecule has 0 radical (unpaired) electrons. The molecule has 1 aliphatic heterocycles. The molecule has 2 aromatic rings. The predicted octanol–water partition coefficient (Wildman–Crippen LogP) is 5.65. The van der Waals surface area contributed by atoms with E-state index in [1.807, 2.05) is 46.8 Å². The standard InChI is InChI=1S/C23H22ClN3OS/c1-13-16(24)5-4-6-17(13)27-18-9-23(2,3)10-19(28)21(18)20(14-7-8-29-12-14)15(11-25)22(27)26/h4-8,12,20H,9-10,26H2,1-3H3. The first-order chi connectivity index (χ1) is 13.7. The van der Waals surface area contributed by atoms with Crippen molar-refractivity contribution >= 4 is 34.4 Å². The Morgan fingerprint density at radius 3 is 2.72 bits per heavy atom. The Hall–Kier alpha value is -2.55. The number of hydrogen-bond acceptors (Lipinski definition) is 5. The highest BCUT2D eigenvalue weighted by Gasteiger charge is 2.45. The summed E-state index contributed by atoms with van der Waals surface area (Å²) >= 11 is 7.94. The minimum Gasteiger partial charge on any atom is -0.384 e. The zero-order valence-electron chi connectivity index (χ0n) is 16.6. The number of nitrogens with two attached hydrogens (primary N) is 1. The lowest BCUT2D eigenvalue weighted by Gasteiger charge is -2.44. The van der Waals surface area contributed by atoms with Gasteiger partial charge in [-0.25, -0.2) is 0 Å². The Balaban J connectivity index is 2.03. The molecule has 2 N–H and O–H groups in total. The Morgan fingerprint density at radius 2 is 2.07 bits per heavy atom. The normalized spacial score (nSPS) is 21.3. The van der Waals surface area contributed by atoms with Gasteiger partial charge in [-0.05, 0) is 58.8 Å². The fourth-order valence-electron chi connectivity index (χ4n) is 4.39. The van der Waals surface area contributed by atoms with Gasteiger partial charge in [-0.3, -0.25) is 9.69 Å². The van der Waals surface area contributed by atoms with Crippen LogP contribution in [0.25, 0.3) is 0 Å². The second-order valence-corrected chi connectivity index (χ2v) is 9.61. The van der Waals surface area contributed by atoms with Crippen molar-refractivity contribution in [1.29, 1.82) is 5.26 Å². The lowest BCUT2D eigenvalue weighted by atomic mass is 9.69. The third-order valence-corrected chi connectivity index (χ3v) is 6.85. The van der Waals surface area contributed by atoms with Gasteiger partial charge in [-0.15, -0.1) is 0 Å². The SMILES string of the molecule is Cc1c(Cl)cccc1N1C(N)=C(C#N)C(c2ccsc2)C2=C1CC(C)(C)CC2=O. The molecule has 0 saturated heterocycles. The van der Waals surface area contributed by atoms with Crippen molar-refractivity contribution < 1.29 is 4.79 Å². The smallest absolute Gasteiger partial charge is 0.162 e. The lowest BCUT2D eigenvalue weighted by Crippen LogP contribution is -2.42. The Labute approximate surface area is 179 Å². The molecule has 0 amide bonds. The van der Waals surface area contributed by atoms with Gasteiger partial charge in [0.1, 0.15) is 5.82 Å². The van der Waals surface area contributed by atoms with Crippen LogP contribution in [0.1, 0.15) is 43.7 Å². The van der Waals surface area contributed by atoms with E-state index in [1.54, 1.807) is 11.3 Å². The zero-order chi connectivity index (χ0) is 20.9. The third kappa shape index (κ3) is 3.17. The lowest BCUT2D eigenvalue weighted by molar-refractivity contribution is -0.118. The molecule has 1 aromatic heterocycles. The average molecular weight is 424 g/mol. The molecule has 2 heterocycles. The molecule has 29 heavy (non-hydrogen) atoms. The summed E-state index contributed by atoms with van der Waals surface area (Å²) in [5.74, 6) is 0.0382. The maximum atomic E-state index is 13.4. The Morgan fingerprint density at radius 1 is 1.31 bits per heavy atom. The maximum absolute atomic E-state index is 13.4. The van der Waals surface area contributed by atoms with Gasteiger partial charge in [-0.2, -0.15) is 16.6 Å². The van der Waals surface area contributed by atoms with Gasteiger partial charge in [0.25, 0.3) is 0 Å². The summed E-state index contributed by atoms with van der Waals surface area (Å²) in [4.78, 5) is 15.3. The molecule has 4 rings (SSSR count). The number of carbonyl (C=O) groups is 1. The number of hydrogen-bond donors (Lipinski definition) is 1. The quantitative estimate of drug-likeness (QED) is 0.677. The van der Waals surface area contributed by atoms with E-state index in [1.165, 1.54) is 0 Å². The highest BCUT2D eigenvalue weighted by molar-refractivity contribution is 7.08. The molecule has 148 valence electrons. The fourth-order valence-corrected chi connectivity index (χ4v) is 5.25. The predicted molar refractivity (Wildman–Crippen MR) is 118 cm³/mol. The topological polar surface area (TPSA) is 70.1 Å². The highest BCUT2D eigenvalue weighted by atomic mass is 35.5. The molecule has 0 saturated carbocycles. The van der Waals surface area contributed by atoms with Gasteiger partial charge in [0.2, 0.25) is 0 Å². The van der Waals surface area contributed by atoms with Crippen LogP contribution in [0, 0.1) is 23.7 Å². The van der Waals surface area contributed by atoms with Crippen LogP contribution in [-0.2, 0) is 4.79 Å². The molecule has 1 aromatic carbocycles. The summed E-state index contributed by atoms with van der Waals surface area (Å²) in [5.41, 5.74) is 11.0. The van der Waals surface area contributed by atoms with Crippen molar-refractivity contribution in [3.05, 3.63) is 73.8 Å². The van der Waals surface area contributed by atoms with Crippen molar-refractivity contribution in [3.63, 3.8) is 0 Å². The number of rotatable bonds is 2. The third-order valence-electron chi connectivity index (χ3n) is 5.74. The number of thiophene rings is 1. The summed E-state index contributed by atoms with van der Waals surface area (Å²) < 4.78 is 0. The van der Waals surface area contributed by atoms with Gasteiger partial charge in [0.15, 0.2) is 5.78 Å². The Kier molecular flexibility index (Phi) is 4.80. The minimum absolute atomic E-state index is 0.0809. The molecule has 4 nitrogen and oxygen atoms in total. The monoisotopic (exact) mass is 423 g/mol. The van der Waals surface area contributed by atoms with Crippen molar-refractivity contribution in [3.8, 4) is 6.07 Å². The van der Waals surface area contributed by atoms with Crippen LogP contribution in [0.3, 0.4) is 0 Å². The number of halogens is 1. The summed E-state index contributed by atoms with van der Waals surface area (Å²) in [6.07, 6.45) is 1.15. The molecule has 1 atom stereocenters. The molecule has 1 aliphatic carbocycles. The molecule has 0 fully saturated rings. The second kappa shape index (κ2) is 7.05. The maximum Gasteiger partial charge on any atom is 0.162 e. The molecule has 1 unspecified atom stereocenters. The van der Waals surface area contributed by atoms with Gasteiger partial charge in [0, 0.05) is 22.7 Å². The van der Waals surface area contributed by atoms with Crippen molar-refractivity contribution in [2.24, 2.45) is 11.1 Å². The fraction of sp³-hybridized carbons (Fsp3) is 0.304. The molecule has 2 aliphatic rings. The van der Waals surface area contributed by atoms with E-state index < -0.39 is 5.92 Å². The summed E-state index contributed by atoms with van der Waals surface area (Å²) in [6.45, 7) is 6.12. The molecule has 0 spiro atoms. The number of Topliss-reactive ketones (excluding diaryl/α,β-unsaturated/α-hetero) is 1. The van der Waals surface area contributed by atoms with Gasteiger partial charge >= 0.3 is 0 Å². The summed E-state index contributed by atoms with van der Waals surface area (Å²) in [7, 11) is 0.